The molecule has 1 unspecified atom stereocenters. The largest absolute Gasteiger partial charge is 0.377 e. The molecular weight excluding hydrogens is 492 g/mol. The van der Waals surface area contributed by atoms with Crippen molar-refractivity contribution in [2.24, 2.45) is 4.99 Å². The normalized spacial score (nSPS) is 18.4. The molecule has 0 saturated heterocycles. The minimum atomic E-state index is -0.431. The Bertz CT molecular complexity index is 2120. The van der Waals surface area contributed by atoms with Crippen LogP contribution in [0.2, 0.25) is 0 Å². The number of hydrogen-bond donors (Lipinski definition) is 1. The molecule has 4 nitrogen and oxygen atoms in total. The number of hydrogen-bond acceptors (Lipinski definition) is 4. The molecule has 198 valence electrons. The molecule has 7 rings (SSSR count). The van der Waals surface area contributed by atoms with E-state index in [0.29, 0.717) is 10.8 Å². The summed E-state index contributed by atoms with van der Waals surface area (Å²) in [5.74, 6) is 0. The summed E-state index contributed by atoms with van der Waals surface area (Å²) >= 11 is 0. The third-order valence-corrected chi connectivity index (χ3v) is 9.42. The molecule has 0 radical (unpaired) electrons. The van der Waals surface area contributed by atoms with Crippen LogP contribution >= 0.6 is 0 Å². The van der Waals surface area contributed by atoms with E-state index in [0.717, 1.165) is 39.0 Å². The highest BCUT2D eigenvalue weighted by Gasteiger charge is 2.42. The Balaban J connectivity index is 1.36. The summed E-state index contributed by atoms with van der Waals surface area (Å²) in [6, 6.07) is 24.9. The number of fused-ring (bicyclic) bond motifs is 6. The first-order valence-corrected chi connectivity index (χ1v) is 13.9. The number of rotatable bonds is 2. The van der Waals surface area contributed by atoms with Crippen LogP contribution in [0.25, 0.3) is 32.7 Å². The molecule has 0 bridgehead atoms. The molecule has 0 aromatic heterocycles. The van der Waals surface area contributed by atoms with Gasteiger partial charge in [0, 0.05) is 16.5 Å². The fourth-order valence-corrected chi connectivity index (χ4v) is 7.51. The van der Waals surface area contributed by atoms with E-state index in [1.54, 1.807) is 0 Å². The van der Waals surface area contributed by atoms with Gasteiger partial charge in [0.25, 0.3) is 0 Å². The van der Waals surface area contributed by atoms with Crippen molar-refractivity contribution in [3.63, 3.8) is 0 Å². The average molecular weight is 525 g/mol. The Morgan fingerprint density at radius 1 is 0.725 bits per heavy atom. The minimum absolute atomic E-state index is 0.158. The van der Waals surface area contributed by atoms with Gasteiger partial charge in [-0.2, -0.15) is 0 Å². The van der Waals surface area contributed by atoms with Gasteiger partial charge in [-0.05, 0) is 69.8 Å². The second kappa shape index (κ2) is 8.11. The first-order valence-electron chi connectivity index (χ1n) is 13.9. The zero-order valence-electron chi connectivity index (χ0n) is 23.8. The molecular formula is C36H32N2O2. The number of aliphatic imine (C=N–C) groups is 1. The van der Waals surface area contributed by atoms with Crippen LogP contribution in [-0.4, -0.2) is 11.8 Å². The van der Waals surface area contributed by atoms with E-state index < -0.39 is 5.41 Å². The predicted octanol–water partition coefficient (Wildman–Crippen LogP) is 5.77. The fraction of sp³-hybridized carbons (Fsp3) is 0.250. The summed E-state index contributed by atoms with van der Waals surface area (Å²) in [6.45, 7) is 12.5. The van der Waals surface area contributed by atoms with Crippen LogP contribution in [0.1, 0.15) is 52.7 Å². The van der Waals surface area contributed by atoms with E-state index >= 15 is 0 Å². The van der Waals surface area contributed by atoms with Crippen molar-refractivity contribution in [2.75, 3.05) is 5.32 Å². The number of benzene rings is 4. The summed E-state index contributed by atoms with van der Waals surface area (Å²) in [5, 5.41) is 8.95. The smallest absolute Gasteiger partial charge is 0.201 e. The molecule has 0 fully saturated rings. The van der Waals surface area contributed by atoms with Crippen molar-refractivity contribution in [1.82, 2.24) is 0 Å². The highest BCUT2D eigenvalue weighted by atomic mass is 16.1. The van der Waals surface area contributed by atoms with Gasteiger partial charge in [-0.15, -0.1) is 0 Å². The molecule has 0 saturated carbocycles. The number of nitrogens with one attached hydrogen (secondary N) is 1. The van der Waals surface area contributed by atoms with Gasteiger partial charge in [0.15, 0.2) is 0 Å². The summed E-state index contributed by atoms with van der Waals surface area (Å²) < 4.78 is 0. The van der Waals surface area contributed by atoms with Crippen LogP contribution in [-0.2, 0) is 10.8 Å². The van der Waals surface area contributed by atoms with E-state index in [4.69, 9.17) is 4.99 Å². The van der Waals surface area contributed by atoms with Crippen LogP contribution in [0.3, 0.4) is 0 Å². The fourth-order valence-electron chi connectivity index (χ4n) is 7.51. The summed E-state index contributed by atoms with van der Waals surface area (Å²) in [7, 11) is 0. The molecule has 4 heteroatoms. The molecule has 5 aromatic carbocycles. The van der Waals surface area contributed by atoms with Crippen molar-refractivity contribution < 1.29 is 0 Å². The van der Waals surface area contributed by atoms with E-state index in [2.05, 4.69) is 81.5 Å². The van der Waals surface area contributed by atoms with Crippen LogP contribution in [0.15, 0.2) is 87.4 Å². The van der Waals surface area contributed by atoms with E-state index in [9.17, 15) is 9.59 Å². The van der Waals surface area contributed by atoms with Crippen LogP contribution in [0.5, 0.6) is 0 Å². The lowest BCUT2D eigenvalue weighted by atomic mass is 9.75. The van der Waals surface area contributed by atoms with Gasteiger partial charge >= 0.3 is 0 Å². The SMILES string of the molecule is CC(C1=Nc2ccc3ccccc3c2C1(C)C)=c1c(=O)c(=C(C)C2Nc3ccc4ccccc4c3C2(C)C)c1=O. The Morgan fingerprint density at radius 3 is 1.95 bits per heavy atom. The molecule has 2 heterocycles. The van der Waals surface area contributed by atoms with Crippen molar-refractivity contribution in [1.29, 1.82) is 0 Å². The maximum atomic E-state index is 13.7. The van der Waals surface area contributed by atoms with Crippen LogP contribution in [0, 0.1) is 0 Å². The second-order valence-corrected chi connectivity index (χ2v) is 12.5. The molecule has 1 N–H and O–H groups in total. The monoisotopic (exact) mass is 524 g/mol. The molecule has 5 aromatic rings. The van der Waals surface area contributed by atoms with Crippen molar-refractivity contribution >= 4 is 49.8 Å². The lowest BCUT2D eigenvalue weighted by molar-refractivity contribution is 0.527. The van der Waals surface area contributed by atoms with Crippen molar-refractivity contribution in [3.8, 4) is 0 Å². The van der Waals surface area contributed by atoms with Gasteiger partial charge in [0.1, 0.15) is 0 Å². The molecule has 40 heavy (non-hydrogen) atoms. The molecule has 1 atom stereocenters. The zero-order chi connectivity index (χ0) is 28.1. The first-order chi connectivity index (χ1) is 19.0. The maximum absolute atomic E-state index is 13.7. The van der Waals surface area contributed by atoms with Gasteiger partial charge < -0.3 is 5.32 Å². The number of nitrogens with zero attached hydrogens (tertiary/aromatic N) is 1. The minimum Gasteiger partial charge on any atom is -0.377 e. The molecule has 0 spiro atoms. The quantitative estimate of drug-likeness (QED) is 0.319. The van der Waals surface area contributed by atoms with Crippen LogP contribution in [0.4, 0.5) is 11.4 Å². The standard InChI is InChI=1S/C36H32N2O2/c1-19(33-35(3,4)29-23-13-9-7-11-21(23)15-17-25(29)37-33)27-31(39)28(32(27)40)20(2)34-36(5,6)30-24-14-10-8-12-22(24)16-18-26(30)38-34/h7-18,33,37H,1-6H3. The van der Waals surface area contributed by atoms with E-state index in [-0.39, 0.29) is 27.5 Å². The first kappa shape index (κ1) is 24.7. The lowest BCUT2D eigenvalue weighted by Gasteiger charge is -2.29. The number of anilines is 1. The van der Waals surface area contributed by atoms with Crippen LogP contribution < -0.4 is 26.6 Å². The van der Waals surface area contributed by atoms with Gasteiger partial charge in [-0.1, -0.05) is 88.4 Å². The highest BCUT2D eigenvalue weighted by molar-refractivity contribution is 6.27. The van der Waals surface area contributed by atoms with E-state index in [1.165, 1.54) is 16.3 Å². The Hall–Kier alpha value is -4.31. The van der Waals surface area contributed by atoms with Crippen molar-refractivity contribution in [2.45, 2.75) is 58.4 Å². The average Bonchev–Trinajstić information content (AvgIpc) is 3.37. The highest BCUT2D eigenvalue weighted by Crippen LogP contribution is 2.47. The zero-order valence-corrected chi connectivity index (χ0v) is 23.8. The Morgan fingerprint density at radius 2 is 1.30 bits per heavy atom. The Kier molecular flexibility index (Phi) is 5.01. The maximum Gasteiger partial charge on any atom is 0.201 e. The third kappa shape index (κ3) is 3.10. The lowest BCUT2D eigenvalue weighted by Crippen LogP contribution is -2.67. The van der Waals surface area contributed by atoms with Crippen molar-refractivity contribution in [3.05, 3.63) is 115 Å². The predicted molar refractivity (Wildman–Crippen MR) is 167 cm³/mol. The summed E-state index contributed by atoms with van der Waals surface area (Å²) in [5.41, 5.74) is 5.56. The van der Waals surface area contributed by atoms with Gasteiger partial charge in [-0.3, -0.25) is 14.6 Å². The second-order valence-electron chi connectivity index (χ2n) is 12.5. The topological polar surface area (TPSA) is 58.5 Å². The molecule has 2 aliphatic rings. The summed E-state index contributed by atoms with van der Waals surface area (Å²) in [4.78, 5) is 32.5. The van der Waals surface area contributed by atoms with Gasteiger partial charge in [-0.25, -0.2) is 0 Å². The van der Waals surface area contributed by atoms with Gasteiger partial charge in [0.2, 0.25) is 10.9 Å². The van der Waals surface area contributed by atoms with E-state index in [1.807, 2.05) is 38.1 Å². The van der Waals surface area contributed by atoms with Gasteiger partial charge in [0.05, 0.1) is 27.9 Å². The Labute approximate surface area is 233 Å². The summed E-state index contributed by atoms with van der Waals surface area (Å²) in [6.07, 6.45) is 0. The molecule has 2 aliphatic heterocycles. The molecule has 0 amide bonds. The third-order valence-electron chi connectivity index (χ3n) is 9.42. The molecule has 0 aliphatic carbocycles.